The van der Waals surface area contributed by atoms with Gasteiger partial charge in [0.1, 0.15) is 5.82 Å². The number of hydrogen-bond donors (Lipinski definition) is 3. The summed E-state index contributed by atoms with van der Waals surface area (Å²) in [5.41, 5.74) is 0. The number of rotatable bonds is 8. The lowest BCUT2D eigenvalue weighted by Crippen LogP contribution is -2.45. The molecule has 1 aliphatic heterocycles. The van der Waals surface area contributed by atoms with Crippen LogP contribution >= 0.6 is 0 Å². The van der Waals surface area contributed by atoms with E-state index in [1.165, 1.54) is 45.2 Å². The molecule has 8 nitrogen and oxygen atoms in total. The van der Waals surface area contributed by atoms with Crippen LogP contribution in [-0.4, -0.2) is 64.8 Å². The monoisotopic (exact) mass is 399 g/mol. The summed E-state index contributed by atoms with van der Waals surface area (Å²) < 4.78 is 5.34. The first kappa shape index (κ1) is 19.9. The van der Waals surface area contributed by atoms with Gasteiger partial charge >= 0.3 is 0 Å². The molecule has 1 atom stereocenters. The number of nitrogens with zero attached hydrogens (tertiary/aromatic N) is 4. The maximum Gasteiger partial charge on any atom is 0.216 e. The van der Waals surface area contributed by atoms with Gasteiger partial charge in [-0.2, -0.15) is 5.10 Å². The van der Waals surface area contributed by atoms with Crippen molar-refractivity contribution < 1.29 is 4.42 Å². The average Bonchev–Trinajstić information content (AvgIpc) is 3.51. The van der Waals surface area contributed by atoms with Crippen molar-refractivity contribution >= 4 is 5.96 Å². The first-order valence-corrected chi connectivity index (χ1v) is 11.0. The van der Waals surface area contributed by atoms with Crippen LogP contribution in [0.2, 0.25) is 0 Å². The van der Waals surface area contributed by atoms with Crippen LogP contribution in [0.1, 0.15) is 44.9 Å². The number of aliphatic imine (C=N–C) groups is 1. The molecule has 1 saturated heterocycles. The predicted molar refractivity (Wildman–Crippen MR) is 114 cm³/mol. The molecule has 0 aromatic carbocycles. The van der Waals surface area contributed by atoms with Gasteiger partial charge in [0, 0.05) is 45.2 Å². The van der Waals surface area contributed by atoms with Crippen molar-refractivity contribution in [3.63, 3.8) is 0 Å². The van der Waals surface area contributed by atoms with E-state index < -0.39 is 0 Å². The minimum atomic E-state index is 0.477. The third-order valence-corrected chi connectivity index (χ3v) is 5.84. The molecule has 0 bridgehead atoms. The molecule has 2 aliphatic rings. The molecule has 0 radical (unpaired) electrons. The van der Waals surface area contributed by atoms with Crippen LogP contribution < -0.4 is 10.6 Å². The molecule has 1 saturated carbocycles. The maximum absolute atomic E-state index is 5.34. The Balaban J connectivity index is 1.24. The summed E-state index contributed by atoms with van der Waals surface area (Å²) in [6.07, 6.45) is 9.21. The van der Waals surface area contributed by atoms with Crippen molar-refractivity contribution in [1.29, 1.82) is 0 Å². The second-order valence-corrected chi connectivity index (χ2v) is 8.13. The van der Waals surface area contributed by atoms with Gasteiger partial charge in [-0.25, -0.2) is 4.98 Å². The molecule has 2 aromatic rings. The fraction of sp³-hybridized carbons (Fsp3) is 0.667. The van der Waals surface area contributed by atoms with Gasteiger partial charge in [-0.15, -0.1) is 0 Å². The third kappa shape index (κ3) is 5.59. The highest BCUT2D eigenvalue weighted by Gasteiger charge is 2.26. The Morgan fingerprint density at radius 2 is 2.24 bits per heavy atom. The molecule has 0 spiro atoms. The minimum Gasteiger partial charge on any atom is -0.461 e. The van der Waals surface area contributed by atoms with Crippen molar-refractivity contribution in [1.82, 2.24) is 30.7 Å². The van der Waals surface area contributed by atoms with E-state index in [0.717, 1.165) is 30.8 Å². The molecule has 2 fully saturated rings. The third-order valence-electron chi connectivity index (χ3n) is 5.84. The number of aromatic nitrogens is 3. The molecular weight excluding hydrogens is 366 g/mol. The highest BCUT2D eigenvalue weighted by atomic mass is 16.3. The first-order chi connectivity index (χ1) is 14.3. The van der Waals surface area contributed by atoms with Gasteiger partial charge in [-0.05, 0) is 44.2 Å². The number of furan rings is 1. The van der Waals surface area contributed by atoms with Gasteiger partial charge in [0.15, 0.2) is 11.7 Å². The minimum absolute atomic E-state index is 0.477. The van der Waals surface area contributed by atoms with E-state index >= 15 is 0 Å². The summed E-state index contributed by atoms with van der Waals surface area (Å²) in [5.74, 6) is 3.90. The fourth-order valence-electron chi connectivity index (χ4n) is 4.38. The van der Waals surface area contributed by atoms with Crippen molar-refractivity contribution in [3.8, 4) is 11.6 Å². The number of hydrogen-bond acceptors (Lipinski definition) is 5. The topological polar surface area (TPSA) is 94.4 Å². The number of nitrogens with one attached hydrogen (secondary N) is 3. The lowest BCUT2D eigenvalue weighted by atomic mass is 10.1. The van der Waals surface area contributed by atoms with Crippen LogP contribution in [-0.2, 0) is 6.42 Å². The Morgan fingerprint density at radius 1 is 1.34 bits per heavy atom. The molecule has 0 amide bonds. The molecule has 3 N–H and O–H groups in total. The Morgan fingerprint density at radius 3 is 3.03 bits per heavy atom. The van der Waals surface area contributed by atoms with Crippen molar-refractivity contribution in [2.24, 2.45) is 10.9 Å². The van der Waals surface area contributed by atoms with Gasteiger partial charge < -0.3 is 20.0 Å². The van der Waals surface area contributed by atoms with Crippen LogP contribution in [0.5, 0.6) is 0 Å². The normalized spacial score (nSPS) is 21.1. The standard InChI is InChI=1S/C21H33N7O/c1-2-22-21(24-17-10-12-28(15-17)14-16-6-3-4-7-16)23-11-9-19-25-20(27-26-19)18-8-5-13-29-18/h5,8,13,16-17H,2-4,6-7,9-12,14-15H2,1H3,(H2,22,23,24)(H,25,26,27). The number of H-pyrrole nitrogens is 1. The van der Waals surface area contributed by atoms with Crippen LogP contribution in [0.15, 0.2) is 27.8 Å². The lowest BCUT2D eigenvalue weighted by molar-refractivity contribution is 0.275. The highest BCUT2D eigenvalue weighted by Crippen LogP contribution is 2.26. The maximum atomic E-state index is 5.34. The van der Waals surface area contributed by atoms with Crippen LogP contribution in [0.25, 0.3) is 11.6 Å². The number of guanidine groups is 1. The number of likely N-dealkylation sites (tertiary alicyclic amines) is 1. The first-order valence-electron chi connectivity index (χ1n) is 11.0. The average molecular weight is 400 g/mol. The largest absolute Gasteiger partial charge is 0.461 e. The van der Waals surface area contributed by atoms with E-state index in [1.807, 2.05) is 12.1 Å². The SMILES string of the molecule is CCNC(=NCCc1nc(-c2ccco2)n[nH]1)NC1CCN(CC2CCCC2)C1. The molecule has 3 heterocycles. The summed E-state index contributed by atoms with van der Waals surface area (Å²) in [6.45, 7) is 7.20. The van der Waals surface area contributed by atoms with Gasteiger partial charge in [-0.1, -0.05) is 12.8 Å². The quantitative estimate of drug-likeness (QED) is 0.466. The van der Waals surface area contributed by atoms with E-state index in [4.69, 9.17) is 9.41 Å². The van der Waals surface area contributed by atoms with E-state index in [1.54, 1.807) is 6.26 Å². The summed E-state index contributed by atoms with van der Waals surface area (Å²) in [4.78, 5) is 11.8. The molecule has 1 unspecified atom stereocenters. The molecular formula is C21H33N7O. The summed E-state index contributed by atoms with van der Waals surface area (Å²) in [7, 11) is 0. The fourth-order valence-corrected chi connectivity index (χ4v) is 4.38. The number of aromatic amines is 1. The van der Waals surface area contributed by atoms with Gasteiger partial charge in [0.2, 0.25) is 5.82 Å². The van der Waals surface area contributed by atoms with Crippen LogP contribution in [0, 0.1) is 5.92 Å². The Hall–Kier alpha value is -2.35. The zero-order valence-corrected chi connectivity index (χ0v) is 17.4. The molecule has 29 heavy (non-hydrogen) atoms. The summed E-state index contributed by atoms with van der Waals surface area (Å²) >= 11 is 0. The van der Waals surface area contributed by atoms with E-state index in [9.17, 15) is 0 Å². The van der Waals surface area contributed by atoms with Gasteiger partial charge in [-0.3, -0.25) is 10.1 Å². The second kappa shape index (κ2) is 9.91. The predicted octanol–water partition coefficient (Wildman–Crippen LogP) is 2.43. The van der Waals surface area contributed by atoms with Gasteiger partial charge in [0.25, 0.3) is 0 Å². The second-order valence-electron chi connectivity index (χ2n) is 8.13. The molecule has 158 valence electrons. The molecule has 2 aromatic heterocycles. The zero-order chi connectivity index (χ0) is 19.9. The molecule has 8 heteroatoms. The Bertz CT molecular complexity index is 764. The van der Waals surface area contributed by atoms with E-state index in [0.29, 0.717) is 30.6 Å². The summed E-state index contributed by atoms with van der Waals surface area (Å²) in [6, 6.07) is 4.17. The van der Waals surface area contributed by atoms with Crippen molar-refractivity contribution in [2.45, 2.75) is 51.5 Å². The van der Waals surface area contributed by atoms with Crippen LogP contribution in [0.4, 0.5) is 0 Å². The van der Waals surface area contributed by atoms with E-state index in [-0.39, 0.29) is 0 Å². The van der Waals surface area contributed by atoms with Crippen LogP contribution in [0.3, 0.4) is 0 Å². The van der Waals surface area contributed by atoms with Crippen molar-refractivity contribution in [2.75, 3.05) is 32.7 Å². The molecule has 1 aliphatic carbocycles. The highest BCUT2D eigenvalue weighted by molar-refractivity contribution is 5.80. The molecule has 4 rings (SSSR count). The zero-order valence-electron chi connectivity index (χ0n) is 17.4. The Labute approximate surface area is 172 Å². The van der Waals surface area contributed by atoms with E-state index in [2.05, 4.69) is 37.6 Å². The van der Waals surface area contributed by atoms with Crippen molar-refractivity contribution in [3.05, 3.63) is 24.2 Å². The van der Waals surface area contributed by atoms with Gasteiger partial charge in [0.05, 0.1) is 6.26 Å². The Kier molecular flexibility index (Phi) is 6.82. The lowest BCUT2D eigenvalue weighted by Gasteiger charge is -2.21. The smallest absolute Gasteiger partial charge is 0.216 e. The summed E-state index contributed by atoms with van der Waals surface area (Å²) in [5, 5.41) is 14.2.